The Hall–Kier alpha value is -1.49. The largest absolute Gasteiger partial charge is 0.289 e. The topological polar surface area (TPSA) is 78.8 Å². The van der Waals surface area contributed by atoms with Crippen LogP contribution >= 0.6 is 0 Å². The van der Waals surface area contributed by atoms with Crippen molar-refractivity contribution in [3.63, 3.8) is 0 Å². The third-order valence-electron chi connectivity index (χ3n) is 1.27. The van der Waals surface area contributed by atoms with Gasteiger partial charge >= 0.3 is 0 Å². The van der Waals surface area contributed by atoms with E-state index in [2.05, 4.69) is 9.71 Å². The number of hydrogen-bond donors (Lipinski definition) is 2. The van der Waals surface area contributed by atoms with Gasteiger partial charge < -0.3 is 0 Å². The summed E-state index contributed by atoms with van der Waals surface area (Å²) in [7, 11) is 0. The first-order valence-corrected chi connectivity index (χ1v) is 4.39. The van der Waals surface area contributed by atoms with Crippen LogP contribution in [0.1, 0.15) is 0 Å². The van der Waals surface area contributed by atoms with E-state index in [1.807, 2.05) is 0 Å². The molecule has 0 aliphatic carbocycles. The van der Waals surface area contributed by atoms with Gasteiger partial charge in [-0.2, -0.15) is 4.99 Å². The van der Waals surface area contributed by atoms with E-state index in [1.165, 1.54) is 18.2 Å². The number of aliphatic imine (C=N–C) groups is 1. The quantitative estimate of drug-likeness (QED) is 0.435. The molecule has 0 bridgehead atoms. The molecule has 0 fully saturated rings. The Kier molecular flexibility index (Phi) is 3.33. The summed E-state index contributed by atoms with van der Waals surface area (Å²) < 4.78 is 21.1. The number of para-hydroxylation sites is 2. The van der Waals surface area contributed by atoms with E-state index in [0.717, 1.165) is 0 Å². The monoisotopic (exact) mass is 198 g/mol. The van der Waals surface area contributed by atoms with E-state index >= 15 is 0 Å². The third kappa shape index (κ3) is 2.79. The van der Waals surface area contributed by atoms with E-state index in [0.29, 0.717) is 5.69 Å². The summed E-state index contributed by atoms with van der Waals surface area (Å²) in [5, 5.41) is 0. The Morgan fingerprint density at radius 2 is 2.15 bits per heavy atom. The Bertz CT molecular complexity index is 374. The van der Waals surface area contributed by atoms with Crippen LogP contribution in [0.2, 0.25) is 0 Å². The molecule has 13 heavy (non-hydrogen) atoms. The predicted molar refractivity (Wildman–Crippen MR) is 48.6 cm³/mol. The van der Waals surface area contributed by atoms with Gasteiger partial charge in [0.25, 0.3) is 11.3 Å². The average molecular weight is 198 g/mol. The lowest BCUT2D eigenvalue weighted by Gasteiger charge is -2.02. The molecule has 0 radical (unpaired) electrons. The lowest BCUT2D eigenvalue weighted by atomic mass is 10.3. The van der Waals surface area contributed by atoms with Gasteiger partial charge in [-0.05, 0) is 12.1 Å². The molecule has 0 spiro atoms. The van der Waals surface area contributed by atoms with Gasteiger partial charge in [-0.15, -0.1) is 0 Å². The molecule has 1 aromatic rings. The smallest absolute Gasteiger partial charge is 0.259 e. The highest BCUT2D eigenvalue weighted by Crippen LogP contribution is 2.23. The molecule has 5 nitrogen and oxygen atoms in total. The third-order valence-corrected chi connectivity index (χ3v) is 1.66. The van der Waals surface area contributed by atoms with Crippen LogP contribution in [0.3, 0.4) is 0 Å². The van der Waals surface area contributed by atoms with Gasteiger partial charge in [-0.3, -0.25) is 9.27 Å². The molecule has 2 N–H and O–H groups in total. The zero-order valence-corrected chi connectivity index (χ0v) is 7.25. The molecule has 1 atom stereocenters. The lowest BCUT2D eigenvalue weighted by molar-refractivity contribution is 0.565. The fourth-order valence-electron chi connectivity index (χ4n) is 0.801. The van der Waals surface area contributed by atoms with Crippen molar-refractivity contribution in [1.29, 1.82) is 0 Å². The van der Waals surface area contributed by atoms with Gasteiger partial charge in [-0.1, -0.05) is 12.1 Å². The van der Waals surface area contributed by atoms with Crippen molar-refractivity contribution in [3.8, 4) is 0 Å². The SMILES string of the molecule is O=C=Nc1ccccc1NS(=O)O. The van der Waals surface area contributed by atoms with Gasteiger partial charge in [-0.25, -0.2) is 9.00 Å². The molecule has 0 saturated carbocycles. The molecule has 68 valence electrons. The van der Waals surface area contributed by atoms with Crippen molar-refractivity contribution in [1.82, 2.24) is 0 Å². The second-order valence-corrected chi connectivity index (χ2v) is 2.77. The second-order valence-electron chi connectivity index (χ2n) is 2.07. The second kappa shape index (κ2) is 4.51. The highest BCUT2D eigenvalue weighted by molar-refractivity contribution is 7.80. The Labute approximate surface area is 76.9 Å². The van der Waals surface area contributed by atoms with Crippen molar-refractivity contribution >= 4 is 28.7 Å². The molecular formula is C7H6N2O3S. The Morgan fingerprint density at radius 1 is 1.46 bits per heavy atom. The van der Waals surface area contributed by atoms with Crippen LogP contribution in [0.25, 0.3) is 0 Å². The van der Waals surface area contributed by atoms with E-state index in [1.54, 1.807) is 12.1 Å². The summed E-state index contributed by atoms with van der Waals surface area (Å²) in [4.78, 5) is 13.3. The highest BCUT2D eigenvalue weighted by Gasteiger charge is 2.00. The van der Waals surface area contributed by atoms with Crippen LogP contribution in [-0.2, 0) is 16.1 Å². The molecule has 0 aliphatic rings. The van der Waals surface area contributed by atoms with Crippen LogP contribution in [0, 0.1) is 0 Å². The van der Waals surface area contributed by atoms with Gasteiger partial charge in [0.1, 0.15) is 5.69 Å². The first kappa shape index (κ1) is 9.60. The van der Waals surface area contributed by atoms with Crippen LogP contribution in [0.4, 0.5) is 11.4 Å². The molecule has 0 aromatic heterocycles. The average Bonchev–Trinajstić information content (AvgIpc) is 2.08. The van der Waals surface area contributed by atoms with E-state index < -0.39 is 11.3 Å². The van der Waals surface area contributed by atoms with Gasteiger partial charge in [0.05, 0.1) is 5.69 Å². The number of isocyanates is 1. The van der Waals surface area contributed by atoms with Crippen molar-refractivity contribution in [3.05, 3.63) is 24.3 Å². The first-order valence-electron chi connectivity index (χ1n) is 3.28. The molecule has 1 rings (SSSR count). The zero-order chi connectivity index (χ0) is 9.68. The van der Waals surface area contributed by atoms with E-state index in [4.69, 9.17) is 4.55 Å². The molecule has 1 aromatic carbocycles. The maximum atomic E-state index is 10.4. The number of rotatable bonds is 3. The number of carbonyl (C=O) groups excluding carboxylic acids is 1. The fraction of sp³-hybridized carbons (Fsp3) is 0. The molecular weight excluding hydrogens is 192 g/mol. The minimum absolute atomic E-state index is 0.278. The fourth-order valence-corrected chi connectivity index (χ4v) is 1.16. The highest BCUT2D eigenvalue weighted by atomic mass is 32.2. The maximum absolute atomic E-state index is 10.4. The standard InChI is InChI=1S/C7H6N2O3S/c10-5-8-6-3-1-2-4-7(6)9-13(11)12/h1-4,9H,(H,11,12). The zero-order valence-electron chi connectivity index (χ0n) is 6.43. The molecule has 6 heteroatoms. The maximum Gasteiger partial charge on any atom is 0.259 e. The van der Waals surface area contributed by atoms with Crippen LogP contribution in [0.5, 0.6) is 0 Å². The van der Waals surface area contributed by atoms with E-state index in [9.17, 15) is 9.00 Å². The summed E-state index contributed by atoms with van der Waals surface area (Å²) >= 11 is -2.17. The summed E-state index contributed by atoms with van der Waals surface area (Å²) in [6.07, 6.45) is 1.35. The number of anilines is 1. The molecule has 1 unspecified atom stereocenters. The molecule has 0 amide bonds. The summed E-state index contributed by atoms with van der Waals surface area (Å²) in [6.45, 7) is 0. The van der Waals surface area contributed by atoms with Crippen LogP contribution < -0.4 is 4.72 Å². The van der Waals surface area contributed by atoms with Gasteiger partial charge in [0.2, 0.25) is 6.08 Å². The van der Waals surface area contributed by atoms with E-state index in [-0.39, 0.29) is 5.69 Å². The van der Waals surface area contributed by atoms with Crippen LogP contribution in [0.15, 0.2) is 29.3 Å². The number of nitrogens with zero attached hydrogens (tertiary/aromatic N) is 1. The Morgan fingerprint density at radius 3 is 2.77 bits per heavy atom. The number of hydrogen-bond acceptors (Lipinski definition) is 3. The van der Waals surface area contributed by atoms with Crippen molar-refractivity contribution in [2.75, 3.05) is 4.72 Å². The normalized spacial score (nSPS) is 11.5. The minimum Gasteiger partial charge on any atom is -0.289 e. The summed E-state index contributed by atoms with van der Waals surface area (Å²) in [5.74, 6) is 0. The Balaban J connectivity index is 3.04. The van der Waals surface area contributed by atoms with Gasteiger partial charge in [0, 0.05) is 0 Å². The van der Waals surface area contributed by atoms with Crippen molar-refractivity contribution < 1.29 is 13.6 Å². The molecule has 0 aliphatic heterocycles. The summed E-state index contributed by atoms with van der Waals surface area (Å²) in [6, 6.07) is 6.37. The van der Waals surface area contributed by atoms with Gasteiger partial charge in [0.15, 0.2) is 0 Å². The first-order chi connectivity index (χ1) is 6.24. The van der Waals surface area contributed by atoms with Crippen molar-refractivity contribution in [2.24, 2.45) is 4.99 Å². The predicted octanol–water partition coefficient (Wildman–Crippen LogP) is 1.20. The summed E-state index contributed by atoms with van der Waals surface area (Å²) in [5.41, 5.74) is 0.589. The lowest BCUT2D eigenvalue weighted by Crippen LogP contribution is -2.01. The minimum atomic E-state index is -2.17. The number of benzene rings is 1. The molecule has 0 saturated heterocycles. The number of nitrogens with one attached hydrogen (secondary N) is 1. The molecule has 0 heterocycles. The van der Waals surface area contributed by atoms with Crippen molar-refractivity contribution in [2.45, 2.75) is 0 Å². The van der Waals surface area contributed by atoms with Crippen LogP contribution in [-0.4, -0.2) is 14.8 Å².